The van der Waals surface area contributed by atoms with Crippen LogP contribution in [0.15, 0.2) is 15.2 Å². The van der Waals surface area contributed by atoms with Crippen molar-refractivity contribution >= 4 is 27.3 Å². The topological polar surface area (TPSA) is 29.5 Å². The fourth-order valence-electron chi connectivity index (χ4n) is 1.88. The van der Waals surface area contributed by atoms with Crippen molar-refractivity contribution in [1.82, 2.24) is 0 Å². The zero-order chi connectivity index (χ0) is 10.7. The van der Waals surface area contributed by atoms with Gasteiger partial charge in [0.15, 0.2) is 0 Å². The highest BCUT2D eigenvalue weighted by atomic mass is 79.9. The smallest absolute Gasteiger partial charge is 0.0799 e. The Kier molecular flexibility index (Phi) is 4.20. The minimum Gasteiger partial charge on any atom is -0.388 e. The normalized spacial score (nSPS) is 23.2. The Labute approximate surface area is 102 Å². The summed E-state index contributed by atoms with van der Waals surface area (Å²) in [4.78, 5) is 0. The Morgan fingerprint density at radius 1 is 1.67 bits per heavy atom. The molecule has 4 heteroatoms. The monoisotopic (exact) mass is 290 g/mol. The van der Waals surface area contributed by atoms with Crippen molar-refractivity contribution in [2.45, 2.75) is 37.9 Å². The number of hydrogen-bond acceptors (Lipinski definition) is 3. The van der Waals surface area contributed by atoms with E-state index in [0.29, 0.717) is 6.10 Å². The van der Waals surface area contributed by atoms with Gasteiger partial charge in [0.1, 0.15) is 0 Å². The highest BCUT2D eigenvalue weighted by Crippen LogP contribution is 2.29. The molecule has 1 N–H and O–H groups in total. The van der Waals surface area contributed by atoms with E-state index in [1.54, 1.807) is 11.3 Å². The van der Waals surface area contributed by atoms with Gasteiger partial charge in [0.2, 0.25) is 0 Å². The van der Waals surface area contributed by atoms with Crippen molar-refractivity contribution in [3.8, 4) is 0 Å². The summed E-state index contributed by atoms with van der Waals surface area (Å²) < 4.78 is 6.60. The van der Waals surface area contributed by atoms with Gasteiger partial charge in [0.25, 0.3) is 0 Å². The minimum atomic E-state index is -0.336. The van der Waals surface area contributed by atoms with Gasteiger partial charge < -0.3 is 9.84 Å². The van der Waals surface area contributed by atoms with Gasteiger partial charge in [-0.1, -0.05) is 0 Å². The lowest BCUT2D eigenvalue weighted by Gasteiger charge is -2.12. The average molecular weight is 291 g/mol. The van der Waals surface area contributed by atoms with Crippen LogP contribution in [0, 0.1) is 0 Å². The van der Waals surface area contributed by atoms with Gasteiger partial charge >= 0.3 is 0 Å². The second-order valence-electron chi connectivity index (χ2n) is 3.91. The van der Waals surface area contributed by atoms with Gasteiger partial charge in [-0.2, -0.15) is 0 Å². The fourth-order valence-corrected chi connectivity index (χ4v) is 3.10. The van der Waals surface area contributed by atoms with E-state index in [4.69, 9.17) is 4.74 Å². The van der Waals surface area contributed by atoms with Crippen LogP contribution in [0.2, 0.25) is 0 Å². The van der Waals surface area contributed by atoms with E-state index in [9.17, 15) is 5.11 Å². The highest BCUT2D eigenvalue weighted by Gasteiger charge is 2.18. The molecule has 84 valence electrons. The van der Waals surface area contributed by atoms with Crippen molar-refractivity contribution in [2.75, 3.05) is 6.61 Å². The number of aliphatic hydroxyl groups excluding tert-OH is 1. The second-order valence-corrected chi connectivity index (χ2v) is 6.20. The molecule has 2 rings (SSSR count). The van der Waals surface area contributed by atoms with Crippen molar-refractivity contribution < 1.29 is 9.84 Å². The van der Waals surface area contributed by atoms with E-state index >= 15 is 0 Å². The molecule has 0 radical (unpaired) electrons. The molecule has 2 unspecified atom stereocenters. The number of ether oxygens (including phenoxy) is 1. The molecular weight excluding hydrogens is 276 g/mol. The van der Waals surface area contributed by atoms with E-state index in [1.165, 1.54) is 6.42 Å². The van der Waals surface area contributed by atoms with Gasteiger partial charge in [-0.05, 0) is 58.6 Å². The van der Waals surface area contributed by atoms with E-state index < -0.39 is 0 Å². The SMILES string of the molecule is OC(CCC1CCCO1)c1csc(Br)c1. The zero-order valence-corrected chi connectivity index (χ0v) is 10.9. The molecule has 0 amide bonds. The summed E-state index contributed by atoms with van der Waals surface area (Å²) in [5, 5.41) is 11.9. The first-order chi connectivity index (χ1) is 7.25. The molecule has 0 saturated carbocycles. The summed E-state index contributed by atoms with van der Waals surface area (Å²) in [6.45, 7) is 0.894. The van der Waals surface area contributed by atoms with E-state index in [-0.39, 0.29) is 6.10 Å². The van der Waals surface area contributed by atoms with E-state index in [1.807, 2.05) is 11.4 Å². The predicted octanol–water partition coefficient (Wildman–Crippen LogP) is 3.50. The van der Waals surface area contributed by atoms with Crippen LogP contribution in [0.5, 0.6) is 0 Å². The Hall–Kier alpha value is 0.100. The third-order valence-electron chi connectivity index (χ3n) is 2.76. The van der Waals surface area contributed by atoms with Crippen molar-refractivity contribution in [2.24, 2.45) is 0 Å². The van der Waals surface area contributed by atoms with E-state index in [0.717, 1.165) is 35.2 Å². The molecule has 0 aromatic carbocycles. The van der Waals surface area contributed by atoms with Crippen molar-refractivity contribution in [3.05, 3.63) is 20.8 Å². The first-order valence-corrected chi connectivity index (χ1v) is 6.96. The van der Waals surface area contributed by atoms with Gasteiger partial charge in [-0.15, -0.1) is 11.3 Å². The van der Waals surface area contributed by atoms with Crippen LogP contribution in [0.4, 0.5) is 0 Å². The lowest BCUT2D eigenvalue weighted by Crippen LogP contribution is -2.07. The maximum absolute atomic E-state index is 9.92. The first kappa shape index (κ1) is 11.6. The number of halogens is 1. The van der Waals surface area contributed by atoms with Crippen LogP contribution < -0.4 is 0 Å². The Morgan fingerprint density at radius 3 is 3.13 bits per heavy atom. The number of rotatable bonds is 4. The number of hydrogen-bond donors (Lipinski definition) is 1. The maximum Gasteiger partial charge on any atom is 0.0799 e. The van der Waals surface area contributed by atoms with Gasteiger partial charge in [-0.25, -0.2) is 0 Å². The van der Waals surface area contributed by atoms with Crippen LogP contribution in [-0.4, -0.2) is 17.8 Å². The molecular formula is C11H15BrO2S. The van der Waals surface area contributed by atoms with Crippen LogP contribution in [0.25, 0.3) is 0 Å². The van der Waals surface area contributed by atoms with Crippen molar-refractivity contribution in [1.29, 1.82) is 0 Å². The molecule has 2 heterocycles. The lowest BCUT2D eigenvalue weighted by molar-refractivity contribution is 0.0813. The fraction of sp³-hybridized carbons (Fsp3) is 0.636. The van der Waals surface area contributed by atoms with Gasteiger partial charge in [0, 0.05) is 6.61 Å². The molecule has 1 aromatic rings. The zero-order valence-electron chi connectivity index (χ0n) is 8.49. The number of aliphatic hydroxyl groups is 1. The molecule has 1 fully saturated rings. The largest absolute Gasteiger partial charge is 0.388 e. The average Bonchev–Trinajstić information content (AvgIpc) is 2.84. The quantitative estimate of drug-likeness (QED) is 0.920. The minimum absolute atomic E-state index is 0.336. The molecule has 1 aromatic heterocycles. The molecule has 2 nitrogen and oxygen atoms in total. The van der Waals surface area contributed by atoms with Crippen LogP contribution in [0.1, 0.15) is 37.4 Å². The second kappa shape index (κ2) is 5.43. The standard InChI is InChI=1S/C11H15BrO2S/c12-11-6-8(7-15-11)10(13)4-3-9-2-1-5-14-9/h6-7,9-10,13H,1-5H2. The maximum atomic E-state index is 9.92. The van der Waals surface area contributed by atoms with E-state index in [2.05, 4.69) is 15.9 Å². The molecule has 15 heavy (non-hydrogen) atoms. The molecule has 0 aliphatic carbocycles. The summed E-state index contributed by atoms with van der Waals surface area (Å²) in [6, 6.07) is 1.99. The third-order valence-corrected chi connectivity index (χ3v) is 4.28. The molecule has 1 aliphatic heterocycles. The molecule has 1 aliphatic rings. The first-order valence-electron chi connectivity index (χ1n) is 5.29. The summed E-state index contributed by atoms with van der Waals surface area (Å²) in [5.41, 5.74) is 1.02. The Morgan fingerprint density at radius 2 is 2.53 bits per heavy atom. The Balaban J connectivity index is 1.79. The van der Waals surface area contributed by atoms with Crippen LogP contribution in [-0.2, 0) is 4.74 Å². The van der Waals surface area contributed by atoms with Gasteiger partial charge in [-0.3, -0.25) is 0 Å². The number of thiophene rings is 1. The summed E-state index contributed by atoms with van der Waals surface area (Å²) in [7, 11) is 0. The third kappa shape index (κ3) is 3.28. The van der Waals surface area contributed by atoms with Crippen LogP contribution >= 0.6 is 27.3 Å². The molecule has 2 atom stereocenters. The summed E-state index contributed by atoms with van der Waals surface area (Å²) in [6.07, 6.45) is 4.13. The highest BCUT2D eigenvalue weighted by molar-refractivity contribution is 9.11. The lowest BCUT2D eigenvalue weighted by atomic mass is 10.0. The van der Waals surface area contributed by atoms with Crippen molar-refractivity contribution in [3.63, 3.8) is 0 Å². The molecule has 0 spiro atoms. The van der Waals surface area contributed by atoms with Gasteiger partial charge in [0.05, 0.1) is 16.0 Å². The summed E-state index contributed by atoms with van der Waals surface area (Å²) in [5.74, 6) is 0. The Bertz CT molecular complexity index is 307. The molecule has 0 bridgehead atoms. The predicted molar refractivity (Wildman–Crippen MR) is 65.2 cm³/mol. The van der Waals surface area contributed by atoms with Crippen LogP contribution in [0.3, 0.4) is 0 Å². The molecule has 1 saturated heterocycles. The summed E-state index contributed by atoms with van der Waals surface area (Å²) >= 11 is 5.02.